The van der Waals surface area contributed by atoms with Crippen molar-refractivity contribution in [3.05, 3.63) is 60.1 Å². The molecule has 2 aliphatic rings. The van der Waals surface area contributed by atoms with E-state index in [9.17, 15) is 5.21 Å². The normalized spacial score (nSPS) is 13.9. The Morgan fingerprint density at radius 1 is 0.966 bits per heavy atom. The number of hydrogen-bond acceptors (Lipinski definition) is 7. The van der Waals surface area contributed by atoms with Crippen LogP contribution in [0.5, 0.6) is 23.0 Å². The zero-order chi connectivity index (χ0) is 19.4. The molecule has 6 rings (SSSR count). The van der Waals surface area contributed by atoms with Gasteiger partial charge in [0.05, 0.1) is 11.7 Å². The zero-order valence-corrected chi connectivity index (χ0v) is 15.1. The largest absolute Gasteiger partial charge is 0.710 e. The highest BCUT2D eigenvalue weighted by Gasteiger charge is 2.26. The maximum absolute atomic E-state index is 13.4. The lowest BCUT2D eigenvalue weighted by atomic mass is 10.0. The molecule has 0 N–H and O–H groups in total. The van der Waals surface area contributed by atoms with E-state index in [4.69, 9.17) is 18.9 Å². The summed E-state index contributed by atoms with van der Waals surface area (Å²) < 4.78 is 24.5. The second kappa shape index (κ2) is 5.99. The number of fused-ring (bicyclic) bond motifs is 3. The number of benzene rings is 2. The summed E-state index contributed by atoms with van der Waals surface area (Å²) in [5.41, 5.74) is 1.80. The lowest BCUT2D eigenvalue weighted by Crippen LogP contribution is -2.37. The number of imidazole rings is 1. The van der Waals surface area contributed by atoms with Gasteiger partial charge < -0.3 is 28.7 Å². The Balaban J connectivity index is 1.61. The molecule has 0 amide bonds. The Morgan fingerprint density at radius 3 is 2.52 bits per heavy atom. The van der Waals surface area contributed by atoms with Gasteiger partial charge in [0.15, 0.2) is 28.5 Å². The van der Waals surface area contributed by atoms with E-state index in [0.717, 1.165) is 4.73 Å². The van der Waals surface area contributed by atoms with Crippen LogP contribution in [0.2, 0.25) is 0 Å². The molecule has 9 heteroatoms. The van der Waals surface area contributed by atoms with Crippen molar-refractivity contribution >= 4 is 10.9 Å². The number of nitrogens with zero attached hydrogens (tertiary/aromatic N) is 4. The molecule has 0 saturated carbocycles. The van der Waals surface area contributed by atoms with Crippen LogP contribution < -0.4 is 23.7 Å². The highest BCUT2D eigenvalue weighted by molar-refractivity contribution is 5.93. The number of ether oxygens (including phenoxy) is 4. The van der Waals surface area contributed by atoms with Gasteiger partial charge in [0.1, 0.15) is 12.2 Å². The van der Waals surface area contributed by atoms with Crippen molar-refractivity contribution in [1.82, 2.24) is 14.5 Å². The Morgan fingerprint density at radius 2 is 1.72 bits per heavy atom. The summed E-state index contributed by atoms with van der Waals surface area (Å²) in [5, 5.41) is 14.1. The monoisotopic (exact) mass is 390 g/mol. The second-order valence-corrected chi connectivity index (χ2v) is 6.70. The lowest BCUT2D eigenvalue weighted by molar-refractivity contribution is -0.605. The summed E-state index contributed by atoms with van der Waals surface area (Å²) in [5.74, 6) is 2.79. The van der Waals surface area contributed by atoms with E-state index in [1.54, 1.807) is 47.6 Å². The first kappa shape index (κ1) is 16.0. The first-order chi connectivity index (χ1) is 14.3. The number of aromatic nitrogens is 4. The van der Waals surface area contributed by atoms with Crippen molar-refractivity contribution in [2.75, 3.05) is 13.6 Å². The van der Waals surface area contributed by atoms with Gasteiger partial charge in [0.25, 0.3) is 0 Å². The molecule has 9 nitrogen and oxygen atoms in total. The van der Waals surface area contributed by atoms with Crippen LogP contribution in [-0.4, -0.2) is 28.1 Å². The Hall–Kier alpha value is -4.01. The molecule has 2 aliphatic heterocycles. The van der Waals surface area contributed by atoms with Crippen molar-refractivity contribution in [3.8, 4) is 34.3 Å². The van der Waals surface area contributed by atoms with Crippen LogP contribution in [0, 0.1) is 5.21 Å². The van der Waals surface area contributed by atoms with Gasteiger partial charge in [0, 0.05) is 30.1 Å². The van der Waals surface area contributed by atoms with Gasteiger partial charge in [-0.1, -0.05) is 0 Å². The fraction of sp³-hybridized carbons (Fsp3) is 0.150. The molecule has 0 bridgehead atoms. The predicted molar refractivity (Wildman–Crippen MR) is 99.7 cm³/mol. The van der Waals surface area contributed by atoms with Crippen LogP contribution >= 0.6 is 0 Å². The summed E-state index contributed by atoms with van der Waals surface area (Å²) >= 11 is 0. The van der Waals surface area contributed by atoms with Gasteiger partial charge in [-0.3, -0.25) is 0 Å². The standard InChI is InChI=1S/C20H14N4O5/c25-24-19(8-23-4-3-21-9-23)22-14-7-18-17(28-11-29-18)6-13(14)20(24)12-1-2-15-16(5-12)27-10-26-15/h1-7,9H,8,10-11H2. The number of rotatable bonds is 3. The van der Waals surface area contributed by atoms with E-state index in [1.165, 1.54) is 0 Å². The summed E-state index contributed by atoms with van der Waals surface area (Å²) in [6.45, 7) is 0.591. The molecule has 2 aromatic carbocycles. The van der Waals surface area contributed by atoms with Crippen LogP contribution in [0.3, 0.4) is 0 Å². The van der Waals surface area contributed by atoms with Crippen molar-refractivity contribution in [3.63, 3.8) is 0 Å². The van der Waals surface area contributed by atoms with E-state index in [-0.39, 0.29) is 20.1 Å². The van der Waals surface area contributed by atoms with Crippen molar-refractivity contribution in [1.29, 1.82) is 0 Å². The van der Waals surface area contributed by atoms with Crippen molar-refractivity contribution in [2.24, 2.45) is 0 Å². The van der Waals surface area contributed by atoms with Gasteiger partial charge in [-0.05, 0) is 23.2 Å². The summed E-state index contributed by atoms with van der Waals surface area (Å²) in [6, 6.07) is 9.03. The minimum Gasteiger partial charge on any atom is -0.710 e. The summed E-state index contributed by atoms with van der Waals surface area (Å²) in [6.07, 6.45) is 5.09. The molecular weight excluding hydrogens is 376 g/mol. The molecule has 0 saturated heterocycles. The average Bonchev–Trinajstić information content (AvgIpc) is 3.48. The smallest absolute Gasteiger partial charge is 0.322 e. The maximum atomic E-state index is 13.4. The van der Waals surface area contributed by atoms with Crippen LogP contribution in [0.1, 0.15) is 5.82 Å². The highest BCUT2D eigenvalue weighted by atomic mass is 16.7. The molecule has 0 spiro atoms. The topological polar surface area (TPSA) is 94.6 Å². The molecule has 0 unspecified atom stereocenters. The van der Waals surface area contributed by atoms with E-state index in [1.807, 2.05) is 6.07 Å². The molecule has 0 aliphatic carbocycles. The quantitative estimate of drug-likeness (QED) is 0.391. The van der Waals surface area contributed by atoms with E-state index < -0.39 is 0 Å². The molecule has 29 heavy (non-hydrogen) atoms. The van der Waals surface area contributed by atoms with Gasteiger partial charge >= 0.3 is 5.82 Å². The molecule has 4 aromatic rings. The molecule has 0 fully saturated rings. The van der Waals surface area contributed by atoms with E-state index >= 15 is 0 Å². The third-order valence-electron chi connectivity index (χ3n) is 4.96. The van der Waals surface area contributed by atoms with Crippen LogP contribution in [0.15, 0.2) is 49.1 Å². The first-order valence-electron chi connectivity index (χ1n) is 8.98. The first-order valence-corrected chi connectivity index (χ1v) is 8.98. The fourth-order valence-electron chi connectivity index (χ4n) is 3.60. The van der Waals surface area contributed by atoms with Gasteiger partial charge in [-0.25, -0.2) is 9.71 Å². The van der Waals surface area contributed by atoms with Crippen LogP contribution in [-0.2, 0) is 6.54 Å². The molecule has 4 heterocycles. The van der Waals surface area contributed by atoms with Gasteiger partial charge in [-0.2, -0.15) is 0 Å². The lowest BCUT2D eigenvalue weighted by Gasteiger charge is -2.15. The third kappa shape index (κ3) is 2.51. The molecule has 2 aromatic heterocycles. The van der Waals surface area contributed by atoms with Crippen LogP contribution in [0.25, 0.3) is 22.2 Å². The summed E-state index contributed by atoms with van der Waals surface area (Å²) in [4.78, 5) is 8.63. The van der Waals surface area contributed by atoms with Crippen molar-refractivity contribution < 1.29 is 23.7 Å². The third-order valence-corrected chi connectivity index (χ3v) is 4.96. The second-order valence-electron chi connectivity index (χ2n) is 6.70. The SMILES string of the molecule is [O-][n+]1c(Cn2ccnc2)nc2cc3c(cc2c1-c1ccc2c(c1)OCO2)OCO3. The van der Waals surface area contributed by atoms with Gasteiger partial charge in [-0.15, -0.1) is 0 Å². The minimum absolute atomic E-state index is 0.143. The predicted octanol–water partition coefficient (Wildman–Crippen LogP) is 2.24. The number of hydrogen-bond donors (Lipinski definition) is 0. The molecule has 144 valence electrons. The Labute approximate surface area is 164 Å². The zero-order valence-electron chi connectivity index (χ0n) is 15.1. The van der Waals surface area contributed by atoms with Gasteiger partial charge in [0.2, 0.25) is 13.6 Å². The minimum atomic E-state index is 0.143. The van der Waals surface area contributed by atoms with Crippen molar-refractivity contribution in [2.45, 2.75) is 6.54 Å². The van der Waals surface area contributed by atoms with E-state index in [0.29, 0.717) is 51.0 Å². The summed E-state index contributed by atoms with van der Waals surface area (Å²) in [7, 11) is 0. The highest BCUT2D eigenvalue weighted by Crippen LogP contribution is 2.40. The Bertz CT molecular complexity index is 1260. The molecular formula is C20H14N4O5. The average molecular weight is 390 g/mol. The van der Waals surface area contributed by atoms with Crippen LogP contribution in [0.4, 0.5) is 0 Å². The molecule has 0 atom stereocenters. The maximum Gasteiger partial charge on any atom is 0.322 e. The fourth-order valence-corrected chi connectivity index (χ4v) is 3.60. The molecule has 0 radical (unpaired) electrons. The Kier molecular flexibility index (Phi) is 3.31. The van der Waals surface area contributed by atoms with E-state index in [2.05, 4.69) is 9.97 Å².